The minimum absolute atomic E-state index is 0.0881. The summed E-state index contributed by atoms with van der Waals surface area (Å²) in [6, 6.07) is 7.61. The fourth-order valence-electron chi connectivity index (χ4n) is 4.05. The molecule has 196 valence electrons. The van der Waals surface area contributed by atoms with Gasteiger partial charge in [-0.15, -0.1) is 0 Å². The summed E-state index contributed by atoms with van der Waals surface area (Å²) in [4.78, 5) is 39.6. The van der Waals surface area contributed by atoms with Crippen molar-refractivity contribution >= 4 is 23.6 Å². The van der Waals surface area contributed by atoms with Gasteiger partial charge in [0, 0.05) is 63.1 Å². The number of aliphatic carboxylic acids is 3. The third-order valence-electron chi connectivity index (χ3n) is 5.69. The molecule has 2 rings (SSSR count). The van der Waals surface area contributed by atoms with Gasteiger partial charge in [0.25, 0.3) is 0 Å². The maximum absolute atomic E-state index is 11.3. The molecule has 1 saturated heterocycles. The Bertz CT molecular complexity index is 814. The van der Waals surface area contributed by atoms with Gasteiger partial charge in [-0.3, -0.25) is 34.4 Å². The molecule has 1 aliphatic heterocycles. The maximum Gasteiger partial charge on any atom is 0.317 e. The van der Waals surface area contributed by atoms with E-state index in [1.807, 2.05) is 34.1 Å². The van der Waals surface area contributed by atoms with Gasteiger partial charge in [0.15, 0.2) is 0 Å². The lowest BCUT2D eigenvalue weighted by Gasteiger charge is -2.30. The van der Waals surface area contributed by atoms with Gasteiger partial charge in [-0.05, 0) is 38.5 Å². The van der Waals surface area contributed by atoms with Crippen molar-refractivity contribution in [2.45, 2.75) is 32.4 Å². The van der Waals surface area contributed by atoms with Gasteiger partial charge in [-0.1, -0.05) is 12.1 Å². The van der Waals surface area contributed by atoms with E-state index in [9.17, 15) is 29.7 Å². The molecule has 0 aliphatic carbocycles. The average Bonchev–Trinajstić information content (AvgIpc) is 2.82. The Kier molecular flexibility index (Phi) is 10.9. The number of carboxylic acids is 3. The van der Waals surface area contributed by atoms with E-state index in [1.165, 1.54) is 0 Å². The molecule has 0 bridgehead atoms. The van der Waals surface area contributed by atoms with Crippen molar-refractivity contribution in [3.8, 4) is 0 Å². The number of nitrogens with one attached hydrogen (secondary N) is 2. The van der Waals surface area contributed by atoms with Gasteiger partial charge < -0.3 is 20.6 Å². The van der Waals surface area contributed by atoms with Crippen LogP contribution in [0.5, 0.6) is 0 Å². The standard InChI is InChI=1S/C24H39N5O6/c1-24(2,3)26-19-6-4-18(5-7-19)20(25-14-21(30)31)15-27-8-10-28(16-22(32)33)12-13-29(11-9-27)17-23(34)35/h4-7,20,25-26H,8-17H2,1-3H3,(H,30,31)(H,32,33)(H,34,35). The Hall–Kier alpha value is -2.73. The molecular weight excluding hydrogens is 454 g/mol. The summed E-state index contributed by atoms with van der Waals surface area (Å²) in [5.41, 5.74) is 1.82. The molecule has 1 aliphatic rings. The van der Waals surface area contributed by atoms with Gasteiger partial charge in [-0.25, -0.2) is 0 Å². The van der Waals surface area contributed by atoms with Crippen molar-refractivity contribution in [1.82, 2.24) is 20.0 Å². The first-order chi connectivity index (χ1) is 16.4. The normalized spacial score (nSPS) is 17.7. The summed E-state index contributed by atoms with van der Waals surface area (Å²) in [5.74, 6) is -2.80. The number of carbonyl (C=O) groups is 3. The number of benzene rings is 1. The molecule has 11 nitrogen and oxygen atoms in total. The van der Waals surface area contributed by atoms with E-state index in [4.69, 9.17) is 0 Å². The monoisotopic (exact) mass is 493 g/mol. The molecule has 5 N–H and O–H groups in total. The zero-order chi connectivity index (χ0) is 26.0. The molecule has 11 heteroatoms. The van der Waals surface area contributed by atoms with Crippen LogP contribution in [0.25, 0.3) is 0 Å². The molecule has 0 saturated carbocycles. The number of nitrogens with zero attached hydrogens (tertiary/aromatic N) is 3. The first-order valence-corrected chi connectivity index (χ1v) is 11.9. The average molecular weight is 494 g/mol. The summed E-state index contributed by atoms with van der Waals surface area (Å²) in [6.07, 6.45) is 0. The number of rotatable bonds is 11. The highest BCUT2D eigenvalue weighted by Gasteiger charge is 2.22. The molecule has 0 amide bonds. The van der Waals surface area contributed by atoms with Crippen LogP contribution in [0.1, 0.15) is 32.4 Å². The smallest absolute Gasteiger partial charge is 0.317 e. The quantitative estimate of drug-likeness (QED) is 0.297. The fraction of sp³-hybridized carbons (Fsp3) is 0.625. The summed E-state index contributed by atoms with van der Waals surface area (Å²) < 4.78 is 0. The predicted molar refractivity (Wildman–Crippen MR) is 133 cm³/mol. The first kappa shape index (κ1) is 28.5. The number of hydrogen-bond acceptors (Lipinski definition) is 8. The van der Waals surface area contributed by atoms with Gasteiger partial charge in [0.2, 0.25) is 0 Å². The van der Waals surface area contributed by atoms with Crippen LogP contribution >= 0.6 is 0 Å². The van der Waals surface area contributed by atoms with Crippen molar-refractivity contribution in [1.29, 1.82) is 0 Å². The van der Waals surface area contributed by atoms with Gasteiger partial charge in [0.1, 0.15) is 0 Å². The van der Waals surface area contributed by atoms with E-state index < -0.39 is 17.9 Å². The largest absolute Gasteiger partial charge is 0.480 e. The Morgan fingerprint density at radius 3 is 1.66 bits per heavy atom. The van der Waals surface area contributed by atoms with Gasteiger partial charge in [0.05, 0.1) is 19.6 Å². The van der Waals surface area contributed by atoms with Crippen LogP contribution < -0.4 is 10.6 Å². The Labute approximate surface area is 206 Å². The number of hydrogen-bond donors (Lipinski definition) is 5. The molecule has 1 atom stereocenters. The second-order valence-corrected chi connectivity index (χ2v) is 9.96. The maximum atomic E-state index is 11.3. The lowest BCUT2D eigenvalue weighted by molar-refractivity contribution is -0.140. The molecule has 35 heavy (non-hydrogen) atoms. The van der Waals surface area contributed by atoms with Crippen LogP contribution in [-0.4, -0.2) is 119 Å². The Balaban J connectivity index is 2.18. The lowest BCUT2D eigenvalue weighted by atomic mass is 10.0. The third-order valence-corrected chi connectivity index (χ3v) is 5.69. The Morgan fingerprint density at radius 2 is 1.26 bits per heavy atom. The second-order valence-electron chi connectivity index (χ2n) is 9.96. The van der Waals surface area contributed by atoms with E-state index >= 15 is 0 Å². The summed E-state index contributed by atoms with van der Waals surface area (Å²) in [6.45, 7) is 9.45. The minimum Gasteiger partial charge on any atom is -0.480 e. The van der Waals surface area contributed by atoms with E-state index in [1.54, 1.807) is 0 Å². The van der Waals surface area contributed by atoms with E-state index in [-0.39, 0.29) is 31.2 Å². The molecule has 0 radical (unpaired) electrons. The van der Waals surface area contributed by atoms with Crippen LogP contribution in [0, 0.1) is 0 Å². The van der Waals surface area contributed by atoms with Gasteiger partial charge in [-0.2, -0.15) is 0 Å². The zero-order valence-corrected chi connectivity index (χ0v) is 20.9. The molecule has 1 aromatic rings. The van der Waals surface area contributed by atoms with Crippen molar-refractivity contribution in [3.05, 3.63) is 29.8 Å². The highest BCUT2D eigenvalue weighted by molar-refractivity contribution is 5.69. The molecule has 1 unspecified atom stereocenters. The highest BCUT2D eigenvalue weighted by Crippen LogP contribution is 2.20. The van der Waals surface area contributed by atoms with Crippen LogP contribution in [0.15, 0.2) is 24.3 Å². The summed E-state index contributed by atoms with van der Waals surface area (Å²) >= 11 is 0. The van der Waals surface area contributed by atoms with Crippen molar-refractivity contribution < 1.29 is 29.7 Å². The molecule has 0 spiro atoms. The van der Waals surface area contributed by atoms with Crippen molar-refractivity contribution in [2.75, 3.05) is 70.8 Å². The molecule has 0 aromatic heterocycles. The van der Waals surface area contributed by atoms with Crippen molar-refractivity contribution in [2.24, 2.45) is 0 Å². The SMILES string of the molecule is CC(C)(C)Nc1ccc(C(CN2CCN(CC(=O)O)CCN(CC(=O)O)CC2)NCC(=O)O)cc1. The molecule has 1 heterocycles. The van der Waals surface area contributed by atoms with Crippen LogP contribution in [0.4, 0.5) is 5.69 Å². The van der Waals surface area contributed by atoms with Gasteiger partial charge >= 0.3 is 17.9 Å². The topological polar surface area (TPSA) is 146 Å². The number of anilines is 1. The Morgan fingerprint density at radius 1 is 0.800 bits per heavy atom. The van der Waals surface area contributed by atoms with Crippen LogP contribution in [0.2, 0.25) is 0 Å². The predicted octanol–water partition coefficient (Wildman–Crippen LogP) is 0.701. The van der Waals surface area contributed by atoms with Crippen LogP contribution in [-0.2, 0) is 14.4 Å². The van der Waals surface area contributed by atoms with E-state index in [2.05, 4.69) is 36.3 Å². The lowest BCUT2D eigenvalue weighted by Crippen LogP contribution is -2.43. The molecular formula is C24H39N5O6. The summed E-state index contributed by atoms with van der Waals surface area (Å²) in [7, 11) is 0. The van der Waals surface area contributed by atoms with Crippen LogP contribution in [0.3, 0.4) is 0 Å². The first-order valence-electron chi connectivity index (χ1n) is 11.9. The molecule has 1 fully saturated rings. The van der Waals surface area contributed by atoms with E-state index in [0.717, 1.165) is 11.3 Å². The summed E-state index contributed by atoms with van der Waals surface area (Å²) in [5, 5.41) is 34.3. The second kappa shape index (κ2) is 13.4. The zero-order valence-electron chi connectivity index (χ0n) is 20.9. The molecule has 1 aromatic carbocycles. The fourth-order valence-corrected chi connectivity index (χ4v) is 4.05. The minimum atomic E-state index is -0.953. The third kappa shape index (κ3) is 11.5. The van der Waals surface area contributed by atoms with Crippen molar-refractivity contribution in [3.63, 3.8) is 0 Å². The number of carboxylic acid groups (broad SMARTS) is 3. The van der Waals surface area contributed by atoms with E-state index in [0.29, 0.717) is 45.8 Å². The highest BCUT2D eigenvalue weighted by atomic mass is 16.4.